The Hall–Kier alpha value is -2.14. The lowest BCUT2D eigenvalue weighted by Gasteiger charge is -2.37. The molecule has 1 aromatic carbocycles. The Morgan fingerprint density at radius 3 is 2.90 bits per heavy atom. The Morgan fingerprint density at radius 2 is 2.10 bits per heavy atom. The first-order valence-corrected chi connectivity index (χ1v) is 11.9. The summed E-state index contributed by atoms with van der Waals surface area (Å²) in [5.41, 5.74) is 2.39. The third-order valence-electron chi connectivity index (χ3n) is 8.06. The molecule has 3 fully saturated rings. The number of aromatic amines is 1. The number of hydrogen-bond donors (Lipinski definition) is 2. The van der Waals surface area contributed by atoms with Crippen molar-refractivity contribution in [2.75, 3.05) is 0 Å². The third-order valence-corrected chi connectivity index (χ3v) is 8.90. The summed E-state index contributed by atoms with van der Waals surface area (Å²) in [6, 6.07) is 8.32. The van der Waals surface area contributed by atoms with E-state index in [1.54, 1.807) is 11.3 Å². The molecule has 5 heteroatoms. The van der Waals surface area contributed by atoms with Crippen LogP contribution in [0, 0.1) is 23.2 Å². The molecule has 2 unspecified atom stereocenters. The molecule has 3 aliphatic rings. The Labute approximate surface area is 175 Å². The van der Waals surface area contributed by atoms with Crippen LogP contribution in [0.4, 0.5) is 0 Å². The van der Waals surface area contributed by atoms with Crippen LogP contribution < -0.4 is 5.32 Å². The van der Waals surface area contributed by atoms with E-state index < -0.39 is 0 Å². The van der Waals surface area contributed by atoms with Crippen molar-refractivity contribution in [1.82, 2.24) is 15.3 Å². The molecule has 2 bridgehead atoms. The van der Waals surface area contributed by atoms with Gasteiger partial charge >= 0.3 is 0 Å². The number of thiazole rings is 1. The van der Waals surface area contributed by atoms with Gasteiger partial charge in [0.1, 0.15) is 0 Å². The van der Waals surface area contributed by atoms with Crippen LogP contribution in [-0.4, -0.2) is 21.9 Å². The number of nitrogens with zero attached hydrogens (tertiary/aromatic N) is 1. The van der Waals surface area contributed by atoms with Crippen molar-refractivity contribution in [1.29, 1.82) is 0 Å². The minimum Gasteiger partial charge on any atom is -0.361 e. The molecular weight excluding hydrogens is 378 g/mol. The molecule has 2 N–H and O–H groups in total. The molecule has 150 valence electrons. The fraction of sp³-hybridized carbons (Fsp3) is 0.500. The quantitative estimate of drug-likeness (QED) is 0.614. The van der Waals surface area contributed by atoms with Crippen LogP contribution >= 0.6 is 11.3 Å². The number of fused-ring (bicyclic) bond motifs is 1. The number of aromatic nitrogens is 2. The van der Waals surface area contributed by atoms with Gasteiger partial charge in [0.25, 0.3) is 5.91 Å². The van der Waals surface area contributed by atoms with E-state index in [2.05, 4.69) is 20.7 Å². The number of carbonyl (C=O) groups is 1. The van der Waals surface area contributed by atoms with E-state index in [4.69, 9.17) is 0 Å². The predicted octanol–water partition coefficient (Wildman–Crippen LogP) is 5.18. The van der Waals surface area contributed by atoms with E-state index in [-0.39, 0.29) is 5.91 Å². The topological polar surface area (TPSA) is 57.8 Å². The maximum Gasteiger partial charge on any atom is 0.251 e. The summed E-state index contributed by atoms with van der Waals surface area (Å²) in [5, 5.41) is 7.89. The van der Waals surface area contributed by atoms with Gasteiger partial charge in [-0.2, -0.15) is 0 Å². The van der Waals surface area contributed by atoms with Crippen molar-refractivity contribution < 1.29 is 4.79 Å². The molecule has 3 aliphatic carbocycles. The average molecular weight is 406 g/mol. The van der Waals surface area contributed by atoms with Crippen LogP contribution in [0.25, 0.3) is 10.9 Å². The maximum absolute atomic E-state index is 12.9. The SMILES string of the molecule is O=C(N[C@@H]1C[C@H]2CC[C@@H](C1)C21CC1CCc1nccs1)c1ccc2cc[nH]c2c1. The molecule has 0 saturated heterocycles. The largest absolute Gasteiger partial charge is 0.361 e. The van der Waals surface area contributed by atoms with Crippen molar-refractivity contribution in [3.63, 3.8) is 0 Å². The number of benzene rings is 1. The van der Waals surface area contributed by atoms with Crippen molar-refractivity contribution in [3.8, 4) is 0 Å². The van der Waals surface area contributed by atoms with Crippen LogP contribution in [0.1, 0.15) is 53.9 Å². The lowest BCUT2D eigenvalue weighted by atomic mass is 9.71. The number of nitrogens with one attached hydrogen (secondary N) is 2. The first-order chi connectivity index (χ1) is 14.2. The van der Waals surface area contributed by atoms with Crippen LogP contribution in [-0.2, 0) is 6.42 Å². The summed E-state index contributed by atoms with van der Waals surface area (Å²) in [6.07, 6.45) is 12.8. The molecule has 0 radical (unpaired) electrons. The number of rotatable bonds is 5. The highest BCUT2D eigenvalue weighted by Crippen LogP contribution is 2.73. The summed E-state index contributed by atoms with van der Waals surface area (Å²) in [6.45, 7) is 0. The first kappa shape index (κ1) is 17.7. The second-order valence-corrected chi connectivity index (χ2v) is 10.3. The monoisotopic (exact) mass is 405 g/mol. The van der Waals surface area contributed by atoms with E-state index in [0.29, 0.717) is 11.5 Å². The molecule has 4 nitrogen and oxygen atoms in total. The number of H-pyrrole nitrogens is 1. The predicted molar refractivity (Wildman–Crippen MR) is 116 cm³/mol. The molecule has 1 amide bonds. The van der Waals surface area contributed by atoms with Crippen molar-refractivity contribution in [3.05, 3.63) is 52.6 Å². The standard InChI is InChI=1S/C24H27N3OS/c28-23(16-2-1-15-7-8-25-21(15)11-16)27-20-12-17-3-4-18(13-20)24(17)14-19(24)5-6-22-26-9-10-29-22/h1-2,7-11,17-20,25H,3-6,12-14H2,(H,27,28)/t17-,18+,19?,20-,24?. The summed E-state index contributed by atoms with van der Waals surface area (Å²) in [5.74, 6) is 2.58. The summed E-state index contributed by atoms with van der Waals surface area (Å²) in [4.78, 5) is 20.5. The molecule has 1 spiro atoms. The minimum absolute atomic E-state index is 0.0815. The van der Waals surface area contributed by atoms with Gasteiger partial charge in [0.2, 0.25) is 0 Å². The molecule has 29 heavy (non-hydrogen) atoms. The second kappa shape index (κ2) is 6.69. The number of amides is 1. The van der Waals surface area contributed by atoms with E-state index in [1.807, 2.05) is 36.7 Å². The van der Waals surface area contributed by atoms with E-state index in [9.17, 15) is 4.79 Å². The van der Waals surface area contributed by atoms with Gasteiger partial charge in [0.05, 0.1) is 5.01 Å². The van der Waals surface area contributed by atoms with Crippen LogP contribution in [0.3, 0.4) is 0 Å². The highest BCUT2D eigenvalue weighted by molar-refractivity contribution is 7.09. The first-order valence-electron chi connectivity index (χ1n) is 11.0. The smallest absolute Gasteiger partial charge is 0.251 e. The zero-order valence-corrected chi connectivity index (χ0v) is 17.4. The van der Waals surface area contributed by atoms with Crippen molar-refractivity contribution >= 4 is 28.1 Å². The third kappa shape index (κ3) is 2.93. The van der Waals surface area contributed by atoms with Gasteiger partial charge in [-0.15, -0.1) is 11.3 Å². The highest BCUT2D eigenvalue weighted by Gasteiger charge is 2.66. The second-order valence-electron chi connectivity index (χ2n) is 9.37. The summed E-state index contributed by atoms with van der Waals surface area (Å²) in [7, 11) is 0. The number of aryl methyl sites for hydroxylation is 1. The minimum atomic E-state index is 0.0815. The zero-order valence-electron chi connectivity index (χ0n) is 16.6. The Bertz CT molecular complexity index is 1030. The molecule has 3 aromatic rings. The molecule has 5 atom stereocenters. The van der Waals surface area contributed by atoms with Crippen molar-refractivity contribution in [2.24, 2.45) is 23.2 Å². The Kier molecular flexibility index (Phi) is 4.09. The summed E-state index contributed by atoms with van der Waals surface area (Å²) < 4.78 is 0. The number of hydrogen-bond acceptors (Lipinski definition) is 3. The fourth-order valence-electron chi connectivity index (χ4n) is 6.72. The Balaban J connectivity index is 1.10. The average Bonchev–Trinajstić information content (AvgIpc) is 3.06. The molecule has 2 heterocycles. The van der Waals surface area contributed by atoms with Gasteiger partial charge < -0.3 is 10.3 Å². The van der Waals surface area contributed by atoms with Gasteiger partial charge in [-0.3, -0.25) is 4.79 Å². The fourth-order valence-corrected chi connectivity index (χ4v) is 7.36. The zero-order chi connectivity index (χ0) is 19.4. The lowest BCUT2D eigenvalue weighted by Crippen LogP contribution is -2.43. The molecular formula is C24H27N3OS. The summed E-state index contributed by atoms with van der Waals surface area (Å²) >= 11 is 1.79. The maximum atomic E-state index is 12.9. The molecule has 6 rings (SSSR count). The van der Waals surface area contributed by atoms with Gasteiger partial charge in [-0.1, -0.05) is 6.07 Å². The van der Waals surface area contributed by atoms with E-state index in [0.717, 1.165) is 40.6 Å². The van der Waals surface area contributed by atoms with Gasteiger partial charge in [0.15, 0.2) is 0 Å². The van der Waals surface area contributed by atoms with Gasteiger partial charge in [-0.05, 0) is 91.7 Å². The van der Waals surface area contributed by atoms with Crippen LogP contribution in [0.2, 0.25) is 0 Å². The highest BCUT2D eigenvalue weighted by atomic mass is 32.1. The Morgan fingerprint density at radius 1 is 1.24 bits per heavy atom. The van der Waals surface area contributed by atoms with Crippen molar-refractivity contribution in [2.45, 2.75) is 51.0 Å². The van der Waals surface area contributed by atoms with Crippen LogP contribution in [0.5, 0.6) is 0 Å². The number of carbonyl (C=O) groups excluding carboxylic acids is 1. The van der Waals surface area contributed by atoms with E-state index in [1.165, 1.54) is 43.5 Å². The van der Waals surface area contributed by atoms with Gasteiger partial charge in [-0.25, -0.2) is 4.98 Å². The van der Waals surface area contributed by atoms with Crippen LogP contribution in [0.15, 0.2) is 42.0 Å². The molecule has 0 aliphatic heterocycles. The molecule has 3 saturated carbocycles. The molecule has 2 aromatic heterocycles. The van der Waals surface area contributed by atoms with E-state index >= 15 is 0 Å². The van der Waals surface area contributed by atoms with Gasteiger partial charge in [0, 0.05) is 34.9 Å². The lowest BCUT2D eigenvalue weighted by molar-refractivity contribution is 0.0873. The normalized spacial score (nSPS) is 32.7.